The second kappa shape index (κ2) is 5.74. The maximum Gasteiger partial charge on any atom is -0.0322 e. The van der Waals surface area contributed by atoms with Crippen LogP contribution in [0.4, 0.5) is 0 Å². The lowest BCUT2D eigenvalue weighted by molar-refractivity contribution is 1.16. The predicted octanol–water partition coefficient (Wildman–Crippen LogP) is 2.57. The summed E-state index contributed by atoms with van der Waals surface area (Å²) < 4.78 is 0. The lowest BCUT2D eigenvalue weighted by Crippen LogP contribution is -1.60. The zero-order chi connectivity index (χ0) is 5.54. The summed E-state index contributed by atoms with van der Waals surface area (Å²) in [5.74, 6) is 0. The molecule has 0 fully saturated rings. The van der Waals surface area contributed by atoms with Crippen molar-refractivity contribution >= 4 is 0 Å². The molecular weight excluding hydrogens is 84.1 g/mol. The fourth-order valence-corrected chi connectivity index (χ4v) is 0.399. The van der Waals surface area contributed by atoms with Gasteiger partial charge in [0.2, 0.25) is 0 Å². The first kappa shape index (κ1) is 6.74. The zero-order valence-electron chi connectivity index (χ0n) is 5.15. The molecule has 0 heterocycles. The van der Waals surface area contributed by atoms with Crippen molar-refractivity contribution in [2.45, 2.75) is 26.7 Å². The normalized spacial score (nSPS) is 10.6. The number of hydrogen-bond donors (Lipinski definition) is 0. The van der Waals surface area contributed by atoms with Gasteiger partial charge in [0.05, 0.1) is 0 Å². The molecule has 0 aliphatic rings. The number of hydrogen-bond acceptors (Lipinski definition) is 0. The number of allylic oxidation sites excluding steroid dienone is 2. The second-order valence-corrected chi connectivity index (χ2v) is 1.52. The van der Waals surface area contributed by atoms with Crippen molar-refractivity contribution < 1.29 is 0 Å². The third-order valence-corrected chi connectivity index (χ3v) is 0.774. The SMILES string of the molecule is C[CH]CC=CCC. The van der Waals surface area contributed by atoms with Crippen LogP contribution < -0.4 is 0 Å². The minimum absolute atomic E-state index is 1.12. The van der Waals surface area contributed by atoms with E-state index in [4.69, 9.17) is 0 Å². The lowest BCUT2D eigenvalue weighted by Gasteiger charge is -1.79. The van der Waals surface area contributed by atoms with Gasteiger partial charge in [-0.1, -0.05) is 26.0 Å². The van der Waals surface area contributed by atoms with Gasteiger partial charge in [-0.05, 0) is 19.3 Å². The van der Waals surface area contributed by atoms with Crippen LogP contribution >= 0.6 is 0 Å². The molecule has 0 aromatic heterocycles. The van der Waals surface area contributed by atoms with E-state index in [-0.39, 0.29) is 0 Å². The minimum Gasteiger partial charge on any atom is -0.0888 e. The van der Waals surface area contributed by atoms with E-state index in [0.29, 0.717) is 0 Å². The van der Waals surface area contributed by atoms with Gasteiger partial charge in [-0.15, -0.1) is 0 Å². The first-order valence-corrected chi connectivity index (χ1v) is 2.84. The molecule has 0 saturated carbocycles. The molecule has 0 rings (SSSR count). The third-order valence-electron chi connectivity index (χ3n) is 0.774. The van der Waals surface area contributed by atoms with Gasteiger partial charge in [0, 0.05) is 0 Å². The Kier molecular flexibility index (Phi) is 5.53. The summed E-state index contributed by atoms with van der Waals surface area (Å²) in [6.07, 6.45) is 8.79. The molecule has 1 radical (unpaired) electrons. The molecule has 0 nitrogen and oxygen atoms in total. The average molecular weight is 97.2 g/mol. The predicted molar refractivity (Wildman–Crippen MR) is 34.0 cm³/mol. The van der Waals surface area contributed by atoms with Crippen LogP contribution in [0.15, 0.2) is 12.2 Å². The van der Waals surface area contributed by atoms with Crippen LogP contribution in [0.5, 0.6) is 0 Å². The standard InChI is InChI=1S/C7H13/c1-3-5-7-6-4-2/h3,6-7H,4-5H2,1-2H3. The fourth-order valence-electron chi connectivity index (χ4n) is 0.399. The minimum atomic E-state index is 1.12. The molecule has 7 heavy (non-hydrogen) atoms. The van der Waals surface area contributed by atoms with Crippen LogP contribution in [-0.4, -0.2) is 0 Å². The van der Waals surface area contributed by atoms with E-state index in [9.17, 15) is 0 Å². The lowest BCUT2D eigenvalue weighted by atomic mass is 10.3. The van der Waals surface area contributed by atoms with Crippen molar-refractivity contribution in [3.05, 3.63) is 18.6 Å². The smallest absolute Gasteiger partial charge is 0.0322 e. The molecule has 41 valence electrons. The Hall–Kier alpha value is -0.260. The van der Waals surface area contributed by atoms with Crippen LogP contribution in [0.2, 0.25) is 0 Å². The fraction of sp³-hybridized carbons (Fsp3) is 0.571. The molecule has 0 atom stereocenters. The highest BCUT2D eigenvalue weighted by atomic mass is 13.7. The highest BCUT2D eigenvalue weighted by Gasteiger charge is 1.68. The summed E-state index contributed by atoms with van der Waals surface area (Å²) in [4.78, 5) is 0. The van der Waals surface area contributed by atoms with E-state index >= 15 is 0 Å². The first-order valence-electron chi connectivity index (χ1n) is 2.84. The highest BCUT2D eigenvalue weighted by molar-refractivity contribution is 4.83. The molecular formula is C7H13. The summed E-state index contributed by atoms with van der Waals surface area (Å²) >= 11 is 0. The van der Waals surface area contributed by atoms with Crippen LogP contribution in [0, 0.1) is 6.42 Å². The van der Waals surface area contributed by atoms with Crippen LogP contribution in [0.3, 0.4) is 0 Å². The molecule has 0 spiro atoms. The van der Waals surface area contributed by atoms with E-state index in [1.165, 1.54) is 0 Å². The quantitative estimate of drug-likeness (QED) is 0.475. The number of rotatable bonds is 3. The Balaban J connectivity index is 2.78. The highest BCUT2D eigenvalue weighted by Crippen LogP contribution is 1.87. The molecule has 0 amide bonds. The molecule has 0 unspecified atom stereocenters. The van der Waals surface area contributed by atoms with Gasteiger partial charge in [0.1, 0.15) is 0 Å². The van der Waals surface area contributed by atoms with Gasteiger partial charge in [-0.3, -0.25) is 0 Å². The Morgan fingerprint density at radius 3 is 2.43 bits per heavy atom. The maximum absolute atomic E-state index is 2.18. The zero-order valence-corrected chi connectivity index (χ0v) is 5.15. The largest absolute Gasteiger partial charge is 0.0888 e. The Bertz CT molecular complexity index is 44.0. The maximum atomic E-state index is 2.18. The van der Waals surface area contributed by atoms with Crippen molar-refractivity contribution in [2.24, 2.45) is 0 Å². The molecule has 0 bridgehead atoms. The molecule has 0 aliphatic carbocycles. The van der Waals surface area contributed by atoms with Crippen molar-refractivity contribution in [3.63, 3.8) is 0 Å². The van der Waals surface area contributed by atoms with E-state index in [0.717, 1.165) is 12.8 Å². The van der Waals surface area contributed by atoms with Crippen LogP contribution in [0.1, 0.15) is 26.7 Å². The van der Waals surface area contributed by atoms with Crippen LogP contribution in [0.25, 0.3) is 0 Å². The monoisotopic (exact) mass is 97.1 g/mol. The first-order chi connectivity index (χ1) is 3.41. The molecule has 0 aliphatic heterocycles. The van der Waals surface area contributed by atoms with Gasteiger partial charge in [-0.25, -0.2) is 0 Å². The summed E-state index contributed by atoms with van der Waals surface area (Å²) in [6.45, 7) is 4.21. The topological polar surface area (TPSA) is 0 Å². The summed E-state index contributed by atoms with van der Waals surface area (Å²) in [7, 11) is 0. The summed E-state index contributed by atoms with van der Waals surface area (Å²) in [6, 6.07) is 0. The average Bonchev–Trinajstić information content (AvgIpc) is 1.69. The molecule has 0 N–H and O–H groups in total. The van der Waals surface area contributed by atoms with Crippen LogP contribution in [-0.2, 0) is 0 Å². The van der Waals surface area contributed by atoms with Gasteiger partial charge in [-0.2, -0.15) is 0 Å². The Labute approximate surface area is 46.2 Å². The van der Waals surface area contributed by atoms with Crippen molar-refractivity contribution in [3.8, 4) is 0 Å². The second-order valence-electron chi connectivity index (χ2n) is 1.52. The van der Waals surface area contributed by atoms with E-state index in [1.54, 1.807) is 0 Å². The van der Waals surface area contributed by atoms with E-state index in [1.807, 2.05) is 0 Å². The van der Waals surface area contributed by atoms with Gasteiger partial charge < -0.3 is 0 Å². The molecule has 0 saturated heterocycles. The van der Waals surface area contributed by atoms with Crippen molar-refractivity contribution in [1.82, 2.24) is 0 Å². The molecule has 0 aromatic carbocycles. The summed E-state index contributed by atoms with van der Waals surface area (Å²) in [5.41, 5.74) is 0. The number of unbranched alkanes of at least 4 members (excludes halogenated alkanes) is 1. The van der Waals surface area contributed by atoms with E-state index in [2.05, 4.69) is 32.4 Å². The van der Waals surface area contributed by atoms with Gasteiger partial charge in [0.15, 0.2) is 0 Å². The Morgan fingerprint density at radius 2 is 2.00 bits per heavy atom. The molecule has 0 heteroatoms. The summed E-state index contributed by atoms with van der Waals surface area (Å²) in [5, 5.41) is 0. The van der Waals surface area contributed by atoms with Gasteiger partial charge >= 0.3 is 0 Å². The van der Waals surface area contributed by atoms with Crippen molar-refractivity contribution in [2.75, 3.05) is 0 Å². The Morgan fingerprint density at radius 1 is 1.29 bits per heavy atom. The van der Waals surface area contributed by atoms with Crippen molar-refractivity contribution in [1.29, 1.82) is 0 Å². The third kappa shape index (κ3) is 5.74. The van der Waals surface area contributed by atoms with Gasteiger partial charge in [0.25, 0.3) is 0 Å². The van der Waals surface area contributed by atoms with E-state index < -0.39 is 0 Å². The molecule has 0 aromatic rings.